The Morgan fingerprint density at radius 3 is 3.54 bits per heavy atom. The molecule has 2 rings (SSSR count). The van der Waals surface area contributed by atoms with Gasteiger partial charge in [0.1, 0.15) is 6.26 Å². The van der Waals surface area contributed by atoms with Crippen LogP contribution in [0.2, 0.25) is 0 Å². The Bertz CT molecular complexity index is 252. The first kappa shape index (κ1) is 8.37. The van der Waals surface area contributed by atoms with Crippen molar-refractivity contribution in [3.8, 4) is 0 Å². The van der Waals surface area contributed by atoms with E-state index in [0.29, 0.717) is 12.3 Å². The Morgan fingerprint density at radius 2 is 2.77 bits per heavy atom. The van der Waals surface area contributed by atoms with E-state index in [1.807, 2.05) is 0 Å². The van der Waals surface area contributed by atoms with E-state index in [4.69, 9.17) is 9.47 Å². The topological polar surface area (TPSA) is 50.8 Å². The number of fused-ring (bicyclic) bond motifs is 1. The highest BCUT2D eigenvalue weighted by atomic mass is 16.5. The van der Waals surface area contributed by atoms with Crippen LogP contribution < -0.4 is 5.43 Å². The summed E-state index contributed by atoms with van der Waals surface area (Å²) in [7, 11) is 0. The van der Waals surface area contributed by atoms with E-state index in [1.54, 1.807) is 11.9 Å². The molecule has 1 unspecified atom stereocenters. The van der Waals surface area contributed by atoms with Gasteiger partial charge in [-0.2, -0.15) is 0 Å². The third kappa shape index (κ3) is 1.35. The highest BCUT2D eigenvalue weighted by Gasteiger charge is 2.36. The zero-order chi connectivity index (χ0) is 9.26. The second-order valence-corrected chi connectivity index (χ2v) is 2.88. The van der Waals surface area contributed by atoms with Crippen LogP contribution in [0.5, 0.6) is 0 Å². The highest BCUT2D eigenvalue weighted by molar-refractivity contribution is 5.87. The second-order valence-electron chi connectivity index (χ2n) is 2.88. The van der Waals surface area contributed by atoms with Gasteiger partial charge in [-0.3, -0.25) is 5.01 Å². The molecule has 0 amide bonds. The molecule has 13 heavy (non-hydrogen) atoms. The van der Waals surface area contributed by atoms with Crippen molar-refractivity contribution in [2.45, 2.75) is 19.6 Å². The lowest BCUT2D eigenvalue weighted by molar-refractivity contribution is -0.140. The minimum Gasteiger partial charge on any atom is -0.474 e. The summed E-state index contributed by atoms with van der Waals surface area (Å²) >= 11 is 0. The number of carbonyl (C=O) groups is 1. The quantitative estimate of drug-likeness (QED) is 0.610. The summed E-state index contributed by atoms with van der Waals surface area (Å²) in [5, 5.41) is 1.72. The highest BCUT2D eigenvalue weighted by Crippen LogP contribution is 2.23. The molecule has 0 saturated carbocycles. The maximum atomic E-state index is 11.3. The maximum absolute atomic E-state index is 11.3. The number of nitrogens with zero attached hydrogens (tertiary/aromatic N) is 1. The molecule has 5 nitrogen and oxygen atoms in total. The van der Waals surface area contributed by atoms with Crippen molar-refractivity contribution in [2.24, 2.45) is 0 Å². The Labute approximate surface area is 76.3 Å². The van der Waals surface area contributed by atoms with Gasteiger partial charge in [0.25, 0.3) is 0 Å². The molecule has 2 heterocycles. The van der Waals surface area contributed by atoms with E-state index in [1.165, 1.54) is 6.26 Å². The van der Waals surface area contributed by atoms with E-state index in [0.717, 1.165) is 13.0 Å². The molecule has 1 saturated heterocycles. The maximum Gasteiger partial charge on any atom is 0.359 e. The SMILES string of the molecule is CCOC(=O)C1=COC2CCNN12. The largest absolute Gasteiger partial charge is 0.474 e. The lowest BCUT2D eigenvalue weighted by Crippen LogP contribution is -2.36. The second kappa shape index (κ2) is 3.26. The monoisotopic (exact) mass is 184 g/mol. The predicted octanol–water partition coefficient (Wildman–Crippen LogP) is -0.0425. The van der Waals surface area contributed by atoms with Crippen LogP contribution in [0.25, 0.3) is 0 Å². The Morgan fingerprint density at radius 1 is 1.92 bits per heavy atom. The molecule has 0 aromatic rings. The van der Waals surface area contributed by atoms with Gasteiger partial charge < -0.3 is 9.47 Å². The van der Waals surface area contributed by atoms with Crippen molar-refractivity contribution in [1.29, 1.82) is 0 Å². The normalized spacial score (nSPS) is 25.2. The van der Waals surface area contributed by atoms with Gasteiger partial charge in [-0.1, -0.05) is 0 Å². The lowest BCUT2D eigenvalue weighted by atomic mass is 10.4. The van der Waals surface area contributed by atoms with Gasteiger partial charge >= 0.3 is 5.97 Å². The van der Waals surface area contributed by atoms with E-state index in [-0.39, 0.29) is 12.2 Å². The number of ether oxygens (including phenoxy) is 2. The summed E-state index contributed by atoms with van der Waals surface area (Å²) in [5.41, 5.74) is 3.51. The first-order valence-electron chi connectivity index (χ1n) is 4.38. The number of carbonyl (C=O) groups excluding carboxylic acids is 1. The standard InChI is InChI=1S/C8H12N2O3/c1-2-12-8(11)6-5-13-7-3-4-9-10(6)7/h5,7,9H,2-4H2,1H3. The van der Waals surface area contributed by atoms with Gasteiger partial charge in [-0.25, -0.2) is 10.2 Å². The van der Waals surface area contributed by atoms with E-state index in [2.05, 4.69) is 5.43 Å². The van der Waals surface area contributed by atoms with Crippen LogP contribution in [0.4, 0.5) is 0 Å². The molecule has 0 aromatic carbocycles. The summed E-state index contributed by atoms with van der Waals surface area (Å²) in [4.78, 5) is 11.3. The van der Waals surface area contributed by atoms with Crippen molar-refractivity contribution >= 4 is 5.97 Å². The van der Waals surface area contributed by atoms with Crippen LogP contribution in [0, 0.1) is 0 Å². The number of hydrogen-bond acceptors (Lipinski definition) is 5. The molecular formula is C8H12N2O3. The summed E-state index contributed by atoms with van der Waals surface area (Å²) < 4.78 is 10.1. The van der Waals surface area contributed by atoms with Crippen molar-refractivity contribution in [2.75, 3.05) is 13.2 Å². The van der Waals surface area contributed by atoms with Gasteiger partial charge in [0, 0.05) is 13.0 Å². The number of hydrogen-bond donors (Lipinski definition) is 1. The van der Waals surface area contributed by atoms with Gasteiger partial charge in [-0.15, -0.1) is 0 Å². The fourth-order valence-corrected chi connectivity index (χ4v) is 1.46. The zero-order valence-electron chi connectivity index (χ0n) is 7.45. The lowest BCUT2D eigenvalue weighted by Gasteiger charge is -2.17. The summed E-state index contributed by atoms with van der Waals surface area (Å²) in [5.74, 6) is -0.334. The van der Waals surface area contributed by atoms with E-state index in [9.17, 15) is 4.79 Å². The fourth-order valence-electron chi connectivity index (χ4n) is 1.46. The van der Waals surface area contributed by atoms with Crippen LogP contribution >= 0.6 is 0 Å². The number of hydrazine groups is 1. The Balaban J connectivity index is 2.03. The minimum absolute atomic E-state index is 0.0283. The molecule has 0 spiro atoms. The molecule has 0 aromatic heterocycles. The van der Waals surface area contributed by atoms with Gasteiger partial charge in [0.2, 0.25) is 0 Å². The molecule has 2 aliphatic rings. The van der Waals surface area contributed by atoms with Gasteiger partial charge in [0.05, 0.1) is 6.61 Å². The molecule has 0 aliphatic carbocycles. The average Bonchev–Trinajstić information content (AvgIpc) is 2.62. The average molecular weight is 184 g/mol. The molecule has 0 radical (unpaired) electrons. The van der Waals surface area contributed by atoms with E-state index >= 15 is 0 Å². The number of nitrogens with one attached hydrogen (secondary N) is 1. The molecule has 72 valence electrons. The first-order valence-corrected chi connectivity index (χ1v) is 4.38. The van der Waals surface area contributed by atoms with Crippen molar-refractivity contribution in [3.05, 3.63) is 12.0 Å². The fraction of sp³-hybridized carbons (Fsp3) is 0.625. The van der Waals surface area contributed by atoms with Crippen LogP contribution in [0.15, 0.2) is 12.0 Å². The molecule has 0 bridgehead atoms. The third-order valence-corrected chi connectivity index (χ3v) is 2.04. The van der Waals surface area contributed by atoms with E-state index < -0.39 is 0 Å². The van der Waals surface area contributed by atoms with Crippen LogP contribution in [0.3, 0.4) is 0 Å². The molecule has 1 atom stereocenters. The summed E-state index contributed by atoms with van der Waals surface area (Å²) in [6.45, 7) is 3.00. The van der Waals surface area contributed by atoms with Crippen LogP contribution in [0.1, 0.15) is 13.3 Å². The van der Waals surface area contributed by atoms with Crippen molar-refractivity contribution in [3.63, 3.8) is 0 Å². The van der Waals surface area contributed by atoms with Gasteiger partial charge in [-0.05, 0) is 6.92 Å². The number of rotatable bonds is 2. The summed E-state index contributed by atoms with van der Waals surface area (Å²) in [6, 6.07) is 0. The Kier molecular flexibility index (Phi) is 2.10. The first-order chi connectivity index (χ1) is 6.33. The molecule has 5 heteroatoms. The number of esters is 1. The molecule has 1 fully saturated rings. The zero-order valence-corrected chi connectivity index (χ0v) is 7.45. The van der Waals surface area contributed by atoms with Crippen LogP contribution in [-0.4, -0.2) is 30.4 Å². The third-order valence-electron chi connectivity index (χ3n) is 2.04. The molecule has 1 N–H and O–H groups in total. The molecular weight excluding hydrogens is 172 g/mol. The molecule has 2 aliphatic heterocycles. The van der Waals surface area contributed by atoms with Crippen LogP contribution in [-0.2, 0) is 14.3 Å². The van der Waals surface area contributed by atoms with Crippen molar-refractivity contribution < 1.29 is 14.3 Å². The Hall–Kier alpha value is -1.23. The minimum atomic E-state index is -0.334. The van der Waals surface area contributed by atoms with Crippen molar-refractivity contribution in [1.82, 2.24) is 10.4 Å². The summed E-state index contributed by atoms with van der Waals surface area (Å²) in [6.07, 6.45) is 2.31. The smallest absolute Gasteiger partial charge is 0.359 e. The van der Waals surface area contributed by atoms with Gasteiger partial charge in [0.15, 0.2) is 11.9 Å². The predicted molar refractivity (Wildman–Crippen MR) is 44.0 cm³/mol.